The predicted octanol–water partition coefficient (Wildman–Crippen LogP) is 1.06. The number of thiocarbonyl (C=S) groups is 1. The van der Waals surface area contributed by atoms with Crippen LogP contribution in [0.3, 0.4) is 0 Å². The maximum absolute atomic E-state index is 12.5. The second-order valence-electron chi connectivity index (χ2n) is 4.67. The Labute approximate surface area is 108 Å². The van der Waals surface area contributed by atoms with Crippen molar-refractivity contribution in [2.45, 2.75) is 39.0 Å². The number of aliphatic hydroxyl groups is 1. The molecule has 0 heterocycles. The summed E-state index contributed by atoms with van der Waals surface area (Å²) in [5.74, 6) is 0.0124. The van der Waals surface area contributed by atoms with E-state index in [0.717, 1.165) is 32.1 Å². The third-order valence-electron chi connectivity index (χ3n) is 3.49. The normalized spacial score (nSPS) is 18.0. The van der Waals surface area contributed by atoms with E-state index in [9.17, 15) is 4.79 Å². The van der Waals surface area contributed by atoms with Gasteiger partial charge in [-0.15, -0.1) is 0 Å². The third-order valence-corrected chi connectivity index (χ3v) is 3.88. The zero-order valence-corrected chi connectivity index (χ0v) is 11.3. The second kappa shape index (κ2) is 6.31. The molecule has 0 bridgehead atoms. The van der Waals surface area contributed by atoms with Crippen LogP contribution >= 0.6 is 12.2 Å². The van der Waals surface area contributed by atoms with Crippen molar-refractivity contribution in [1.29, 1.82) is 0 Å². The van der Waals surface area contributed by atoms with Gasteiger partial charge in [0, 0.05) is 13.1 Å². The Morgan fingerprint density at radius 2 is 2.00 bits per heavy atom. The first-order valence-electron chi connectivity index (χ1n) is 6.28. The van der Waals surface area contributed by atoms with Gasteiger partial charge in [0.2, 0.25) is 5.91 Å². The van der Waals surface area contributed by atoms with Crippen molar-refractivity contribution < 1.29 is 9.90 Å². The Bertz CT molecular complexity index is 282. The van der Waals surface area contributed by atoms with Crippen LogP contribution in [0.2, 0.25) is 0 Å². The van der Waals surface area contributed by atoms with Gasteiger partial charge in [0.05, 0.1) is 17.0 Å². The topological polar surface area (TPSA) is 66.6 Å². The molecule has 1 saturated carbocycles. The average Bonchev–Trinajstić information content (AvgIpc) is 2.78. The molecule has 0 unspecified atom stereocenters. The van der Waals surface area contributed by atoms with Crippen LogP contribution in [0, 0.1) is 5.41 Å². The number of carbonyl (C=O) groups is 1. The molecule has 0 spiro atoms. The lowest BCUT2D eigenvalue weighted by Gasteiger charge is -2.33. The van der Waals surface area contributed by atoms with Gasteiger partial charge in [-0.05, 0) is 19.3 Å². The van der Waals surface area contributed by atoms with Crippen molar-refractivity contribution in [2.75, 3.05) is 19.7 Å². The molecule has 3 N–H and O–H groups in total. The molecule has 0 aromatic carbocycles. The SMILES string of the molecule is CCCN(CCO)C(=O)C1(C(N)=S)CCCC1. The molecule has 1 rings (SSSR count). The summed E-state index contributed by atoms with van der Waals surface area (Å²) in [7, 11) is 0. The van der Waals surface area contributed by atoms with Gasteiger partial charge < -0.3 is 15.7 Å². The number of hydrogen-bond acceptors (Lipinski definition) is 3. The average molecular weight is 258 g/mol. The van der Waals surface area contributed by atoms with Crippen molar-refractivity contribution in [3.63, 3.8) is 0 Å². The molecule has 4 nitrogen and oxygen atoms in total. The summed E-state index contributed by atoms with van der Waals surface area (Å²) in [5, 5.41) is 9.02. The van der Waals surface area contributed by atoms with Crippen molar-refractivity contribution in [3.8, 4) is 0 Å². The fourth-order valence-corrected chi connectivity index (χ4v) is 2.84. The van der Waals surface area contributed by atoms with Gasteiger partial charge in [0.15, 0.2) is 0 Å². The maximum Gasteiger partial charge on any atom is 0.235 e. The Kier molecular flexibility index (Phi) is 5.33. The number of rotatable bonds is 6. The molecule has 17 heavy (non-hydrogen) atoms. The molecule has 0 saturated heterocycles. The van der Waals surface area contributed by atoms with E-state index >= 15 is 0 Å². The van der Waals surface area contributed by atoms with E-state index in [4.69, 9.17) is 23.1 Å². The monoisotopic (exact) mass is 258 g/mol. The minimum Gasteiger partial charge on any atom is -0.395 e. The Morgan fingerprint density at radius 1 is 1.41 bits per heavy atom. The van der Waals surface area contributed by atoms with Crippen LogP contribution < -0.4 is 5.73 Å². The zero-order valence-electron chi connectivity index (χ0n) is 10.4. The molecule has 98 valence electrons. The first kappa shape index (κ1) is 14.4. The standard InChI is InChI=1S/C12H22N2O2S/c1-2-7-14(8-9-15)11(16)12(10(13)17)5-3-4-6-12/h15H,2-9H2,1H3,(H2,13,17). The number of amides is 1. The van der Waals surface area contributed by atoms with Gasteiger partial charge in [0.1, 0.15) is 0 Å². The summed E-state index contributed by atoms with van der Waals surface area (Å²) in [6, 6.07) is 0. The van der Waals surface area contributed by atoms with Gasteiger partial charge in [0.25, 0.3) is 0 Å². The van der Waals surface area contributed by atoms with E-state index in [1.54, 1.807) is 4.90 Å². The summed E-state index contributed by atoms with van der Waals surface area (Å²) in [5.41, 5.74) is 5.15. The summed E-state index contributed by atoms with van der Waals surface area (Å²) in [6.07, 6.45) is 4.39. The molecule has 0 aromatic rings. The Morgan fingerprint density at radius 3 is 2.41 bits per heavy atom. The lowest BCUT2D eigenvalue weighted by atomic mass is 9.84. The first-order chi connectivity index (χ1) is 8.08. The van der Waals surface area contributed by atoms with Gasteiger partial charge in [-0.3, -0.25) is 4.79 Å². The molecule has 1 aliphatic carbocycles. The molecule has 0 aliphatic heterocycles. The minimum absolute atomic E-state index is 0.0124. The molecule has 0 atom stereocenters. The van der Waals surface area contributed by atoms with Gasteiger partial charge in [-0.2, -0.15) is 0 Å². The molecule has 1 fully saturated rings. The van der Waals surface area contributed by atoms with Crippen LogP contribution in [0.4, 0.5) is 0 Å². The summed E-state index contributed by atoms with van der Waals surface area (Å²) in [4.78, 5) is 14.6. The third kappa shape index (κ3) is 2.96. The van der Waals surface area contributed by atoms with Crippen LogP contribution in [0.25, 0.3) is 0 Å². The highest BCUT2D eigenvalue weighted by molar-refractivity contribution is 7.80. The van der Waals surface area contributed by atoms with E-state index in [1.165, 1.54) is 0 Å². The van der Waals surface area contributed by atoms with E-state index in [2.05, 4.69) is 0 Å². The van der Waals surface area contributed by atoms with Gasteiger partial charge in [-0.25, -0.2) is 0 Å². The number of nitrogens with two attached hydrogens (primary N) is 1. The van der Waals surface area contributed by atoms with Crippen molar-refractivity contribution >= 4 is 23.1 Å². The van der Waals surface area contributed by atoms with Crippen LogP contribution in [-0.4, -0.2) is 40.6 Å². The summed E-state index contributed by atoms with van der Waals surface area (Å²) < 4.78 is 0. The predicted molar refractivity (Wildman–Crippen MR) is 71.6 cm³/mol. The smallest absolute Gasteiger partial charge is 0.235 e. The lowest BCUT2D eigenvalue weighted by molar-refractivity contribution is -0.138. The number of nitrogens with zero attached hydrogens (tertiary/aromatic N) is 1. The van der Waals surface area contributed by atoms with E-state index in [-0.39, 0.29) is 12.5 Å². The van der Waals surface area contributed by atoms with Crippen molar-refractivity contribution in [3.05, 3.63) is 0 Å². The Hall–Kier alpha value is -0.680. The molecule has 1 aliphatic rings. The summed E-state index contributed by atoms with van der Waals surface area (Å²) >= 11 is 5.10. The van der Waals surface area contributed by atoms with Crippen LogP contribution in [0.15, 0.2) is 0 Å². The second-order valence-corrected chi connectivity index (χ2v) is 5.11. The van der Waals surface area contributed by atoms with Crippen LogP contribution in [0.1, 0.15) is 39.0 Å². The molecular weight excluding hydrogens is 236 g/mol. The molecule has 0 radical (unpaired) electrons. The van der Waals surface area contributed by atoms with Gasteiger partial charge in [-0.1, -0.05) is 32.0 Å². The maximum atomic E-state index is 12.5. The highest BCUT2D eigenvalue weighted by atomic mass is 32.1. The molecule has 5 heteroatoms. The van der Waals surface area contributed by atoms with E-state index < -0.39 is 5.41 Å². The fourth-order valence-electron chi connectivity index (χ4n) is 2.55. The molecule has 0 aromatic heterocycles. The highest BCUT2D eigenvalue weighted by Gasteiger charge is 2.45. The van der Waals surface area contributed by atoms with E-state index in [1.807, 2.05) is 6.92 Å². The number of carbonyl (C=O) groups excluding carboxylic acids is 1. The molecule has 1 amide bonds. The minimum atomic E-state index is -0.639. The number of hydrogen-bond donors (Lipinski definition) is 2. The number of aliphatic hydroxyl groups excluding tert-OH is 1. The fraction of sp³-hybridized carbons (Fsp3) is 0.833. The first-order valence-corrected chi connectivity index (χ1v) is 6.69. The highest BCUT2D eigenvalue weighted by Crippen LogP contribution is 2.40. The van der Waals surface area contributed by atoms with Crippen molar-refractivity contribution in [2.24, 2.45) is 11.1 Å². The lowest BCUT2D eigenvalue weighted by Crippen LogP contribution is -2.50. The van der Waals surface area contributed by atoms with Gasteiger partial charge >= 0.3 is 0 Å². The van der Waals surface area contributed by atoms with Crippen LogP contribution in [0.5, 0.6) is 0 Å². The summed E-state index contributed by atoms with van der Waals surface area (Å²) in [6.45, 7) is 3.03. The largest absolute Gasteiger partial charge is 0.395 e. The molecular formula is C12H22N2O2S. The van der Waals surface area contributed by atoms with Crippen LogP contribution in [-0.2, 0) is 4.79 Å². The Balaban J connectivity index is 2.85. The quantitative estimate of drug-likeness (QED) is 0.699. The zero-order chi connectivity index (χ0) is 12.9. The van der Waals surface area contributed by atoms with Crippen molar-refractivity contribution in [1.82, 2.24) is 4.90 Å². The van der Waals surface area contributed by atoms with E-state index in [0.29, 0.717) is 18.1 Å².